The second kappa shape index (κ2) is 6.80. The Morgan fingerprint density at radius 2 is 2.11 bits per heavy atom. The number of rotatable bonds is 5. The summed E-state index contributed by atoms with van der Waals surface area (Å²) in [4.78, 5) is 12.0. The van der Waals surface area contributed by atoms with Gasteiger partial charge in [-0.25, -0.2) is 0 Å². The summed E-state index contributed by atoms with van der Waals surface area (Å²) in [6.07, 6.45) is 1.01. The largest absolute Gasteiger partial charge is 0.508 e. The van der Waals surface area contributed by atoms with Crippen molar-refractivity contribution in [1.82, 2.24) is 5.32 Å². The van der Waals surface area contributed by atoms with Crippen LogP contribution in [-0.4, -0.2) is 22.9 Å². The maximum atomic E-state index is 12.0. The van der Waals surface area contributed by atoms with E-state index in [-0.39, 0.29) is 29.5 Å². The monoisotopic (exact) mass is 283 g/mol. The zero-order chi connectivity index (χ0) is 14.5. The number of amides is 1. The smallest absolute Gasteiger partial charge is 0.224 e. The number of alkyl halides is 1. The maximum Gasteiger partial charge on any atom is 0.224 e. The van der Waals surface area contributed by atoms with Crippen molar-refractivity contribution in [3.05, 3.63) is 29.8 Å². The first kappa shape index (κ1) is 15.8. The minimum Gasteiger partial charge on any atom is -0.508 e. The van der Waals surface area contributed by atoms with Gasteiger partial charge >= 0.3 is 0 Å². The van der Waals surface area contributed by atoms with Crippen molar-refractivity contribution in [2.24, 2.45) is 5.41 Å². The van der Waals surface area contributed by atoms with Crippen molar-refractivity contribution in [3.63, 3.8) is 0 Å². The highest BCUT2D eigenvalue weighted by atomic mass is 35.5. The number of hydrogen-bond donors (Lipinski definition) is 2. The lowest BCUT2D eigenvalue weighted by atomic mass is 9.85. The molecule has 0 aromatic heterocycles. The molecule has 2 N–H and O–H groups in total. The van der Waals surface area contributed by atoms with Crippen LogP contribution in [0.1, 0.15) is 32.8 Å². The van der Waals surface area contributed by atoms with Crippen LogP contribution in [0.15, 0.2) is 24.3 Å². The molecule has 0 aliphatic carbocycles. The molecule has 0 bridgehead atoms. The molecule has 1 unspecified atom stereocenters. The Bertz CT molecular complexity index is 426. The molecule has 1 atom stereocenters. The lowest BCUT2D eigenvalue weighted by Crippen LogP contribution is -2.44. The molecule has 0 aliphatic heterocycles. The number of hydrogen-bond acceptors (Lipinski definition) is 2. The third-order valence-electron chi connectivity index (χ3n) is 3.05. The van der Waals surface area contributed by atoms with Gasteiger partial charge in [-0.15, -0.1) is 11.6 Å². The van der Waals surface area contributed by atoms with Crippen molar-refractivity contribution >= 4 is 17.5 Å². The minimum atomic E-state index is -0.0457. The van der Waals surface area contributed by atoms with Gasteiger partial charge in [0.25, 0.3) is 0 Å². The fraction of sp³-hybridized carbons (Fsp3) is 0.533. The van der Waals surface area contributed by atoms with Crippen LogP contribution in [0.3, 0.4) is 0 Å². The number of aromatic hydroxyl groups is 1. The van der Waals surface area contributed by atoms with Crippen molar-refractivity contribution in [3.8, 4) is 5.75 Å². The number of carbonyl (C=O) groups is 1. The van der Waals surface area contributed by atoms with Gasteiger partial charge in [-0.05, 0) is 29.5 Å². The normalized spacial score (nSPS) is 13.1. The summed E-state index contributed by atoms with van der Waals surface area (Å²) in [7, 11) is 0. The number of phenols is 1. The topological polar surface area (TPSA) is 49.3 Å². The van der Waals surface area contributed by atoms with E-state index in [0.717, 1.165) is 12.0 Å². The molecule has 4 heteroatoms. The molecule has 0 saturated carbocycles. The van der Waals surface area contributed by atoms with Gasteiger partial charge < -0.3 is 10.4 Å². The quantitative estimate of drug-likeness (QED) is 0.816. The van der Waals surface area contributed by atoms with Gasteiger partial charge in [0.2, 0.25) is 5.91 Å². The first-order valence-electron chi connectivity index (χ1n) is 6.46. The van der Waals surface area contributed by atoms with Gasteiger partial charge in [-0.2, -0.15) is 0 Å². The van der Waals surface area contributed by atoms with E-state index in [0.29, 0.717) is 5.88 Å². The van der Waals surface area contributed by atoms with Crippen LogP contribution < -0.4 is 5.32 Å². The molecule has 19 heavy (non-hydrogen) atoms. The zero-order valence-corrected chi connectivity index (χ0v) is 12.5. The van der Waals surface area contributed by atoms with Crippen LogP contribution in [-0.2, 0) is 11.2 Å². The van der Waals surface area contributed by atoms with Gasteiger partial charge in [0.1, 0.15) is 5.75 Å². The summed E-state index contributed by atoms with van der Waals surface area (Å²) in [5.74, 6) is 0.656. The molecular formula is C15H22ClNO2. The van der Waals surface area contributed by atoms with Gasteiger partial charge in [0, 0.05) is 11.9 Å². The Labute approximate surface area is 120 Å². The molecule has 1 amide bonds. The van der Waals surface area contributed by atoms with Crippen molar-refractivity contribution in [2.75, 3.05) is 5.88 Å². The third-order valence-corrected chi connectivity index (χ3v) is 3.27. The number of halogens is 1. The molecule has 0 spiro atoms. The Kier molecular flexibility index (Phi) is 5.67. The second-order valence-corrected chi connectivity index (χ2v) is 6.19. The SMILES string of the molecule is CC(C)(C)C(CCCl)NC(=O)Cc1cccc(O)c1. The van der Waals surface area contributed by atoms with E-state index >= 15 is 0 Å². The highest BCUT2D eigenvalue weighted by molar-refractivity contribution is 6.17. The maximum absolute atomic E-state index is 12.0. The minimum absolute atomic E-state index is 0.0244. The molecule has 0 fully saturated rings. The number of benzene rings is 1. The summed E-state index contributed by atoms with van der Waals surface area (Å²) in [5.41, 5.74) is 0.777. The van der Waals surface area contributed by atoms with Gasteiger partial charge in [-0.1, -0.05) is 32.9 Å². The predicted molar refractivity (Wildman–Crippen MR) is 78.5 cm³/mol. The van der Waals surface area contributed by atoms with Gasteiger partial charge in [0.15, 0.2) is 0 Å². The molecule has 0 aliphatic rings. The molecule has 3 nitrogen and oxygen atoms in total. The average Bonchev–Trinajstić information content (AvgIpc) is 2.27. The van der Waals surface area contributed by atoms with Crippen LogP contribution in [0.2, 0.25) is 0 Å². The first-order valence-corrected chi connectivity index (χ1v) is 6.99. The van der Waals surface area contributed by atoms with Gasteiger partial charge in [0.05, 0.1) is 6.42 Å². The Morgan fingerprint density at radius 1 is 1.42 bits per heavy atom. The molecule has 1 rings (SSSR count). The van der Waals surface area contributed by atoms with E-state index < -0.39 is 0 Å². The van der Waals surface area contributed by atoms with Crippen LogP contribution in [0.25, 0.3) is 0 Å². The van der Waals surface area contributed by atoms with Crippen LogP contribution in [0.5, 0.6) is 5.75 Å². The average molecular weight is 284 g/mol. The fourth-order valence-electron chi connectivity index (χ4n) is 1.93. The highest BCUT2D eigenvalue weighted by Gasteiger charge is 2.25. The standard InChI is InChI=1S/C15H22ClNO2/c1-15(2,3)13(7-8-16)17-14(19)10-11-5-4-6-12(18)9-11/h4-6,9,13,18H,7-8,10H2,1-3H3,(H,17,19). The van der Waals surface area contributed by atoms with Crippen molar-refractivity contribution in [1.29, 1.82) is 0 Å². The molecule has 0 radical (unpaired) electrons. The Balaban J connectivity index is 2.63. The van der Waals surface area contributed by atoms with E-state index in [1.54, 1.807) is 18.2 Å². The van der Waals surface area contributed by atoms with Crippen molar-refractivity contribution < 1.29 is 9.90 Å². The summed E-state index contributed by atoms with van der Waals surface area (Å²) < 4.78 is 0. The van der Waals surface area contributed by atoms with E-state index in [4.69, 9.17) is 11.6 Å². The molecule has 1 aromatic carbocycles. The number of phenolic OH excluding ortho intramolecular Hbond substituents is 1. The first-order chi connectivity index (χ1) is 8.82. The van der Waals surface area contributed by atoms with Crippen LogP contribution in [0.4, 0.5) is 0 Å². The fourth-order valence-corrected chi connectivity index (χ4v) is 2.15. The summed E-state index contributed by atoms with van der Waals surface area (Å²) in [6, 6.07) is 6.81. The second-order valence-electron chi connectivity index (χ2n) is 5.81. The van der Waals surface area contributed by atoms with Crippen LogP contribution in [0, 0.1) is 5.41 Å². The number of nitrogens with one attached hydrogen (secondary N) is 1. The molecule has 0 saturated heterocycles. The van der Waals surface area contributed by atoms with E-state index in [2.05, 4.69) is 26.1 Å². The van der Waals surface area contributed by atoms with Crippen LogP contribution >= 0.6 is 11.6 Å². The van der Waals surface area contributed by atoms with E-state index in [9.17, 15) is 9.90 Å². The zero-order valence-electron chi connectivity index (χ0n) is 11.7. The summed E-state index contributed by atoms with van der Waals surface area (Å²) >= 11 is 5.78. The molecule has 0 heterocycles. The van der Waals surface area contributed by atoms with Crippen molar-refractivity contribution in [2.45, 2.75) is 39.7 Å². The third kappa shape index (κ3) is 5.52. The van der Waals surface area contributed by atoms with E-state index in [1.165, 1.54) is 0 Å². The van der Waals surface area contributed by atoms with Gasteiger partial charge in [-0.3, -0.25) is 4.79 Å². The lowest BCUT2D eigenvalue weighted by molar-refractivity contribution is -0.121. The number of carbonyl (C=O) groups excluding carboxylic acids is 1. The summed E-state index contributed by atoms with van der Waals surface area (Å²) in [6.45, 7) is 6.25. The predicted octanol–water partition coefficient (Wildman–Crippen LogP) is 3.09. The highest BCUT2D eigenvalue weighted by Crippen LogP contribution is 2.22. The Morgan fingerprint density at radius 3 is 2.63 bits per heavy atom. The summed E-state index contributed by atoms with van der Waals surface area (Å²) in [5, 5.41) is 12.4. The molecule has 106 valence electrons. The van der Waals surface area contributed by atoms with E-state index in [1.807, 2.05) is 6.07 Å². The Hall–Kier alpha value is -1.22. The lowest BCUT2D eigenvalue weighted by Gasteiger charge is -2.31. The molecular weight excluding hydrogens is 262 g/mol. The molecule has 1 aromatic rings.